The number of hydrogen-bond acceptors (Lipinski definition) is 4. The van der Waals surface area contributed by atoms with Gasteiger partial charge >= 0.3 is 0 Å². The van der Waals surface area contributed by atoms with E-state index in [4.69, 9.17) is 15.2 Å². The molecule has 0 aromatic heterocycles. The summed E-state index contributed by atoms with van der Waals surface area (Å²) in [6.07, 6.45) is 1.04. The molecule has 1 heterocycles. The highest BCUT2D eigenvalue weighted by Crippen LogP contribution is 2.39. The first kappa shape index (κ1) is 14.0. The van der Waals surface area contributed by atoms with Crippen molar-refractivity contribution in [3.05, 3.63) is 17.7 Å². The summed E-state index contributed by atoms with van der Waals surface area (Å²) in [5.74, 6) is 2.12. The maximum atomic E-state index is 5.94. The molecule has 1 aliphatic rings. The molecule has 2 rings (SSSR count). The smallest absolute Gasteiger partial charge is 0.162 e. The first-order valence-electron chi connectivity index (χ1n) is 6.84. The Morgan fingerprint density at radius 1 is 1.21 bits per heavy atom. The van der Waals surface area contributed by atoms with E-state index in [1.54, 1.807) is 14.2 Å². The minimum atomic E-state index is 0.374. The Morgan fingerprint density at radius 2 is 1.84 bits per heavy atom. The van der Waals surface area contributed by atoms with E-state index in [9.17, 15) is 0 Å². The second kappa shape index (κ2) is 5.70. The number of anilines is 1. The number of methoxy groups -OCH3 is 2. The molecule has 0 aliphatic carbocycles. The summed E-state index contributed by atoms with van der Waals surface area (Å²) in [4.78, 5) is 2.40. The number of nitrogens with two attached hydrogens (primary N) is 1. The monoisotopic (exact) mass is 264 g/mol. The van der Waals surface area contributed by atoms with E-state index >= 15 is 0 Å². The molecule has 4 nitrogen and oxygen atoms in total. The van der Waals surface area contributed by atoms with Crippen LogP contribution in [0.1, 0.15) is 19.4 Å². The second-order valence-electron chi connectivity index (χ2n) is 5.33. The maximum absolute atomic E-state index is 5.94. The molecule has 0 spiro atoms. The summed E-state index contributed by atoms with van der Waals surface area (Å²) in [5, 5.41) is 0. The lowest BCUT2D eigenvalue weighted by Gasteiger charge is -2.32. The molecule has 0 saturated carbocycles. The van der Waals surface area contributed by atoms with Gasteiger partial charge < -0.3 is 20.1 Å². The Morgan fingerprint density at radius 3 is 2.37 bits per heavy atom. The summed E-state index contributed by atoms with van der Waals surface area (Å²) in [6, 6.07) is 4.54. The van der Waals surface area contributed by atoms with Crippen molar-refractivity contribution in [3.63, 3.8) is 0 Å². The molecule has 4 heteroatoms. The Hall–Kier alpha value is -1.42. The average Bonchev–Trinajstić information content (AvgIpc) is 2.80. The Kier molecular flexibility index (Phi) is 4.20. The molecular weight excluding hydrogens is 240 g/mol. The molecule has 1 atom stereocenters. The van der Waals surface area contributed by atoms with E-state index in [0.717, 1.165) is 24.5 Å². The SMILES string of the molecule is COc1cc2c(cc1OC)N([C@H](CN)C(C)C)CC2. The van der Waals surface area contributed by atoms with Crippen LogP contribution in [-0.2, 0) is 6.42 Å². The van der Waals surface area contributed by atoms with Gasteiger partial charge in [0.15, 0.2) is 11.5 Å². The van der Waals surface area contributed by atoms with Gasteiger partial charge in [-0.1, -0.05) is 13.8 Å². The normalized spacial score (nSPS) is 15.6. The van der Waals surface area contributed by atoms with E-state index in [0.29, 0.717) is 18.5 Å². The average molecular weight is 264 g/mol. The molecule has 0 fully saturated rings. The predicted molar refractivity (Wildman–Crippen MR) is 78.3 cm³/mol. The van der Waals surface area contributed by atoms with Gasteiger partial charge in [0.2, 0.25) is 0 Å². The van der Waals surface area contributed by atoms with Crippen molar-refractivity contribution < 1.29 is 9.47 Å². The predicted octanol–water partition coefficient (Wildman–Crippen LogP) is 2.05. The third-order valence-electron chi connectivity index (χ3n) is 3.93. The number of benzene rings is 1. The van der Waals surface area contributed by atoms with Crippen LogP contribution in [0.25, 0.3) is 0 Å². The lowest BCUT2D eigenvalue weighted by Crippen LogP contribution is -2.43. The van der Waals surface area contributed by atoms with E-state index in [1.807, 2.05) is 0 Å². The first-order valence-corrected chi connectivity index (χ1v) is 6.84. The fourth-order valence-corrected chi connectivity index (χ4v) is 2.84. The van der Waals surface area contributed by atoms with Crippen molar-refractivity contribution in [1.29, 1.82) is 0 Å². The van der Waals surface area contributed by atoms with Crippen LogP contribution in [0.4, 0.5) is 5.69 Å². The van der Waals surface area contributed by atoms with E-state index in [-0.39, 0.29) is 0 Å². The minimum Gasteiger partial charge on any atom is -0.493 e. The van der Waals surface area contributed by atoms with Crippen molar-refractivity contribution in [2.75, 3.05) is 32.2 Å². The van der Waals surface area contributed by atoms with Crippen molar-refractivity contribution >= 4 is 5.69 Å². The molecule has 1 aromatic rings. The third-order valence-corrected chi connectivity index (χ3v) is 3.93. The summed E-state index contributed by atoms with van der Waals surface area (Å²) >= 11 is 0. The lowest BCUT2D eigenvalue weighted by atomic mass is 10.0. The van der Waals surface area contributed by atoms with Crippen molar-refractivity contribution in [2.24, 2.45) is 11.7 Å². The fourth-order valence-electron chi connectivity index (χ4n) is 2.84. The van der Waals surface area contributed by atoms with Crippen LogP contribution in [0, 0.1) is 5.92 Å². The van der Waals surface area contributed by atoms with Crippen LogP contribution in [0.2, 0.25) is 0 Å². The highest BCUT2D eigenvalue weighted by molar-refractivity contribution is 5.65. The van der Waals surface area contributed by atoms with Crippen LogP contribution in [0.15, 0.2) is 12.1 Å². The molecule has 2 N–H and O–H groups in total. The number of nitrogens with zero attached hydrogens (tertiary/aromatic N) is 1. The van der Waals surface area contributed by atoms with Crippen molar-refractivity contribution in [1.82, 2.24) is 0 Å². The van der Waals surface area contributed by atoms with Crippen LogP contribution in [0.3, 0.4) is 0 Å². The van der Waals surface area contributed by atoms with Gasteiger partial charge in [0.25, 0.3) is 0 Å². The van der Waals surface area contributed by atoms with Crippen LogP contribution >= 0.6 is 0 Å². The topological polar surface area (TPSA) is 47.7 Å². The standard InChI is InChI=1S/C15H24N2O2/c1-10(2)13(9-16)17-6-5-11-7-14(18-3)15(19-4)8-12(11)17/h7-8,10,13H,5-6,9,16H2,1-4H3/t13-/m1/s1. The molecular formula is C15H24N2O2. The quantitative estimate of drug-likeness (QED) is 0.884. The van der Waals surface area contributed by atoms with Crippen molar-refractivity contribution in [3.8, 4) is 11.5 Å². The van der Waals surface area contributed by atoms with Gasteiger partial charge in [0, 0.05) is 30.9 Å². The summed E-state index contributed by atoms with van der Waals surface area (Å²) in [5.41, 5.74) is 8.49. The van der Waals surface area contributed by atoms with Gasteiger partial charge in [0.05, 0.1) is 14.2 Å². The molecule has 0 radical (unpaired) electrons. The zero-order valence-electron chi connectivity index (χ0n) is 12.3. The number of rotatable bonds is 5. The van der Waals surface area contributed by atoms with Crippen LogP contribution in [0.5, 0.6) is 11.5 Å². The van der Waals surface area contributed by atoms with Gasteiger partial charge in [-0.3, -0.25) is 0 Å². The summed E-state index contributed by atoms with van der Waals surface area (Å²) in [6.45, 7) is 6.13. The molecule has 1 aromatic carbocycles. The zero-order valence-corrected chi connectivity index (χ0v) is 12.3. The highest BCUT2D eigenvalue weighted by Gasteiger charge is 2.28. The Labute approximate surface area is 115 Å². The minimum absolute atomic E-state index is 0.374. The molecule has 0 unspecified atom stereocenters. The van der Waals surface area contributed by atoms with E-state index in [1.165, 1.54) is 11.3 Å². The molecule has 106 valence electrons. The van der Waals surface area contributed by atoms with Crippen LogP contribution < -0.4 is 20.1 Å². The lowest BCUT2D eigenvalue weighted by molar-refractivity contribution is 0.354. The maximum Gasteiger partial charge on any atom is 0.162 e. The molecule has 1 aliphatic heterocycles. The summed E-state index contributed by atoms with van der Waals surface area (Å²) < 4.78 is 10.8. The Balaban J connectivity index is 2.38. The fraction of sp³-hybridized carbons (Fsp3) is 0.600. The summed E-state index contributed by atoms with van der Waals surface area (Å²) in [7, 11) is 3.35. The Bertz CT molecular complexity index is 446. The zero-order chi connectivity index (χ0) is 14.0. The highest BCUT2D eigenvalue weighted by atomic mass is 16.5. The van der Waals surface area contributed by atoms with Gasteiger partial charge in [-0.05, 0) is 24.0 Å². The van der Waals surface area contributed by atoms with Gasteiger partial charge in [0.1, 0.15) is 0 Å². The van der Waals surface area contributed by atoms with Crippen molar-refractivity contribution in [2.45, 2.75) is 26.3 Å². The van der Waals surface area contributed by atoms with Gasteiger partial charge in [-0.25, -0.2) is 0 Å². The molecule has 19 heavy (non-hydrogen) atoms. The van der Waals surface area contributed by atoms with E-state index in [2.05, 4.69) is 30.9 Å². The van der Waals surface area contributed by atoms with Crippen LogP contribution in [-0.4, -0.2) is 33.4 Å². The molecule has 0 bridgehead atoms. The molecule has 0 amide bonds. The molecule has 0 saturated heterocycles. The number of ether oxygens (including phenoxy) is 2. The van der Waals surface area contributed by atoms with Gasteiger partial charge in [-0.15, -0.1) is 0 Å². The van der Waals surface area contributed by atoms with E-state index < -0.39 is 0 Å². The first-order chi connectivity index (χ1) is 9.12. The van der Waals surface area contributed by atoms with Gasteiger partial charge in [-0.2, -0.15) is 0 Å². The largest absolute Gasteiger partial charge is 0.493 e. The number of hydrogen-bond donors (Lipinski definition) is 1. The third kappa shape index (κ3) is 2.50. The second-order valence-corrected chi connectivity index (χ2v) is 5.33. The number of fused-ring (bicyclic) bond motifs is 1.